The van der Waals surface area contributed by atoms with Crippen molar-refractivity contribution in [3.8, 4) is 16.9 Å². The molecule has 178 valence electrons. The van der Waals surface area contributed by atoms with E-state index in [-0.39, 0.29) is 17.9 Å². The predicted octanol–water partition coefficient (Wildman–Crippen LogP) is 4.59. The van der Waals surface area contributed by atoms with Gasteiger partial charge in [0.15, 0.2) is 0 Å². The second-order valence-electron chi connectivity index (χ2n) is 9.17. The molecule has 5 rings (SSSR count). The first-order valence-electron chi connectivity index (χ1n) is 11.9. The average Bonchev–Trinajstić information content (AvgIpc) is 3.65. The fourth-order valence-electron chi connectivity index (χ4n) is 4.44. The van der Waals surface area contributed by atoms with Crippen molar-refractivity contribution in [2.75, 3.05) is 31.7 Å². The minimum atomic E-state index is 0.0780. The highest BCUT2D eigenvalue weighted by molar-refractivity contribution is 5.95. The number of carbonyl (C=O) groups is 1. The molecule has 1 atom stereocenters. The summed E-state index contributed by atoms with van der Waals surface area (Å²) in [7, 11) is 0. The van der Waals surface area contributed by atoms with Crippen molar-refractivity contribution in [2.24, 2.45) is 5.92 Å². The van der Waals surface area contributed by atoms with E-state index in [4.69, 9.17) is 14.0 Å². The number of benzene rings is 2. The van der Waals surface area contributed by atoms with Crippen LogP contribution < -0.4 is 10.1 Å². The Bertz CT molecular complexity index is 1120. The van der Waals surface area contributed by atoms with Gasteiger partial charge in [-0.15, -0.1) is 0 Å². The summed E-state index contributed by atoms with van der Waals surface area (Å²) in [5.41, 5.74) is 4.60. The first-order valence-corrected chi connectivity index (χ1v) is 11.9. The Morgan fingerprint density at radius 2 is 2.00 bits per heavy atom. The number of ether oxygens (including phenoxy) is 2. The van der Waals surface area contributed by atoms with E-state index in [1.54, 1.807) is 0 Å². The van der Waals surface area contributed by atoms with Gasteiger partial charge < -0.3 is 19.3 Å². The Kier molecular flexibility index (Phi) is 6.65. The highest BCUT2D eigenvalue weighted by Crippen LogP contribution is 2.38. The van der Waals surface area contributed by atoms with Crippen LogP contribution in [-0.2, 0) is 16.1 Å². The number of nitrogens with zero attached hydrogens (tertiary/aromatic N) is 2. The van der Waals surface area contributed by atoms with E-state index in [1.165, 1.54) is 5.56 Å². The van der Waals surface area contributed by atoms with Crippen LogP contribution in [0.1, 0.15) is 29.9 Å². The van der Waals surface area contributed by atoms with Crippen molar-refractivity contribution >= 4 is 11.6 Å². The lowest BCUT2D eigenvalue weighted by atomic mass is 10.0. The van der Waals surface area contributed by atoms with Crippen LogP contribution in [0.25, 0.3) is 11.1 Å². The molecule has 1 saturated carbocycles. The SMILES string of the molecule is Cc1noc(C)c1-c1cc(NC(=O)C2CC2)ccc1OC[C@H]1COCCN1Cc1ccccc1. The van der Waals surface area contributed by atoms with E-state index in [9.17, 15) is 4.79 Å². The van der Waals surface area contributed by atoms with Crippen molar-refractivity contribution in [3.63, 3.8) is 0 Å². The van der Waals surface area contributed by atoms with Crippen molar-refractivity contribution in [2.45, 2.75) is 39.3 Å². The lowest BCUT2D eigenvalue weighted by Crippen LogP contribution is -2.48. The van der Waals surface area contributed by atoms with Crippen LogP contribution in [0.15, 0.2) is 53.1 Å². The van der Waals surface area contributed by atoms with Gasteiger partial charge in [0, 0.05) is 30.3 Å². The van der Waals surface area contributed by atoms with Gasteiger partial charge in [-0.25, -0.2) is 0 Å². The highest BCUT2D eigenvalue weighted by Gasteiger charge is 2.30. The molecule has 1 aromatic heterocycles. The summed E-state index contributed by atoms with van der Waals surface area (Å²) in [5, 5.41) is 7.16. The number of hydrogen-bond donors (Lipinski definition) is 1. The number of anilines is 1. The molecule has 7 heteroatoms. The Morgan fingerprint density at radius 1 is 1.18 bits per heavy atom. The molecule has 2 aromatic carbocycles. The zero-order valence-corrected chi connectivity index (χ0v) is 19.8. The van der Waals surface area contributed by atoms with Crippen LogP contribution in [0.4, 0.5) is 5.69 Å². The first kappa shape index (κ1) is 22.6. The van der Waals surface area contributed by atoms with Gasteiger partial charge in [0.2, 0.25) is 5.91 Å². The smallest absolute Gasteiger partial charge is 0.227 e. The topological polar surface area (TPSA) is 76.8 Å². The molecule has 1 aliphatic carbocycles. The quantitative estimate of drug-likeness (QED) is 0.529. The molecule has 1 aliphatic heterocycles. The summed E-state index contributed by atoms with van der Waals surface area (Å²) < 4.78 is 17.6. The molecule has 3 aromatic rings. The summed E-state index contributed by atoms with van der Waals surface area (Å²) in [5.74, 6) is 1.68. The molecule has 0 spiro atoms. The number of amides is 1. The van der Waals surface area contributed by atoms with E-state index in [0.29, 0.717) is 13.2 Å². The van der Waals surface area contributed by atoms with Crippen LogP contribution in [0.3, 0.4) is 0 Å². The van der Waals surface area contributed by atoms with Crippen molar-refractivity contribution in [1.82, 2.24) is 10.1 Å². The van der Waals surface area contributed by atoms with Crippen LogP contribution in [0.2, 0.25) is 0 Å². The Balaban J connectivity index is 1.36. The van der Waals surface area contributed by atoms with Crippen LogP contribution in [0, 0.1) is 19.8 Å². The minimum Gasteiger partial charge on any atom is -0.491 e. The third-order valence-corrected chi connectivity index (χ3v) is 6.51. The summed E-state index contributed by atoms with van der Waals surface area (Å²) in [6, 6.07) is 16.4. The normalized spacial score (nSPS) is 18.6. The molecule has 7 nitrogen and oxygen atoms in total. The van der Waals surface area contributed by atoms with E-state index in [0.717, 1.165) is 66.6 Å². The Labute approximate surface area is 200 Å². The molecule has 0 bridgehead atoms. The van der Waals surface area contributed by atoms with Gasteiger partial charge in [0.25, 0.3) is 0 Å². The van der Waals surface area contributed by atoms with Gasteiger partial charge in [-0.1, -0.05) is 35.5 Å². The molecule has 2 aliphatic rings. The molecule has 34 heavy (non-hydrogen) atoms. The van der Waals surface area contributed by atoms with Gasteiger partial charge in [-0.2, -0.15) is 0 Å². The summed E-state index contributed by atoms with van der Waals surface area (Å²) in [6.07, 6.45) is 1.93. The van der Waals surface area contributed by atoms with Crippen LogP contribution >= 0.6 is 0 Å². The van der Waals surface area contributed by atoms with Crippen molar-refractivity contribution in [1.29, 1.82) is 0 Å². The maximum atomic E-state index is 12.3. The maximum Gasteiger partial charge on any atom is 0.227 e. The third-order valence-electron chi connectivity index (χ3n) is 6.51. The lowest BCUT2D eigenvalue weighted by Gasteiger charge is -2.35. The molecule has 0 unspecified atom stereocenters. The van der Waals surface area contributed by atoms with Gasteiger partial charge in [-0.05, 0) is 50.5 Å². The van der Waals surface area contributed by atoms with Crippen LogP contribution in [0.5, 0.6) is 5.75 Å². The number of aryl methyl sites for hydroxylation is 2. The zero-order valence-electron chi connectivity index (χ0n) is 19.8. The molecule has 1 N–H and O–H groups in total. The molecule has 1 amide bonds. The summed E-state index contributed by atoms with van der Waals surface area (Å²) >= 11 is 0. The third kappa shape index (κ3) is 5.16. The predicted molar refractivity (Wildman–Crippen MR) is 130 cm³/mol. The second-order valence-corrected chi connectivity index (χ2v) is 9.17. The molecule has 0 radical (unpaired) electrons. The maximum absolute atomic E-state index is 12.3. The number of carbonyl (C=O) groups excluding carboxylic acids is 1. The first-order chi connectivity index (χ1) is 16.6. The number of aromatic nitrogens is 1. The molecular formula is C27H31N3O4. The number of nitrogens with one attached hydrogen (secondary N) is 1. The number of rotatable bonds is 8. The fraction of sp³-hybridized carbons (Fsp3) is 0.407. The zero-order chi connectivity index (χ0) is 23.5. The second kappa shape index (κ2) is 9.99. The summed E-state index contributed by atoms with van der Waals surface area (Å²) in [6.45, 7) is 7.39. The van der Waals surface area contributed by atoms with Crippen LogP contribution in [-0.4, -0.2) is 48.4 Å². The van der Waals surface area contributed by atoms with Gasteiger partial charge in [-0.3, -0.25) is 9.69 Å². The molecule has 2 fully saturated rings. The summed E-state index contributed by atoms with van der Waals surface area (Å²) in [4.78, 5) is 14.7. The van der Waals surface area contributed by atoms with Gasteiger partial charge in [0.1, 0.15) is 18.1 Å². The largest absolute Gasteiger partial charge is 0.491 e. The monoisotopic (exact) mass is 461 g/mol. The Hall–Kier alpha value is -3.16. The molecular weight excluding hydrogens is 430 g/mol. The Morgan fingerprint density at radius 3 is 2.74 bits per heavy atom. The number of hydrogen-bond acceptors (Lipinski definition) is 6. The van der Waals surface area contributed by atoms with Crippen molar-refractivity contribution in [3.05, 3.63) is 65.5 Å². The standard InChI is InChI=1S/C27H31N3O4/c1-18-26(19(2)34-29-18)24-14-22(28-27(31)21-8-9-21)10-11-25(24)33-17-23-16-32-13-12-30(23)15-20-6-4-3-5-7-20/h3-7,10-11,14,21,23H,8-9,12-13,15-17H2,1-2H3,(H,28,31)/t23-/m1/s1. The van der Waals surface area contributed by atoms with Crippen molar-refractivity contribution < 1.29 is 18.8 Å². The lowest BCUT2D eigenvalue weighted by molar-refractivity contribution is -0.117. The minimum absolute atomic E-state index is 0.0780. The molecule has 2 heterocycles. The molecule has 1 saturated heterocycles. The average molecular weight is 462 g/mol. The van der Waals surface area contributed by atoms with E-state index in [1.807, 2.05) is 38.1 Å². The van der Waals surface area contributed by atoms with E-state index in [2.05, 4.69) is 39.6 Å². The van der Waals surface area contributed by atoms with E-state index < -0.39 is 0 Å². The van der Waals surface area contributed by atoms with Gasteiger partial charge in [0.05, 0.1) is 30.5 Å². The fourth-order valence-corrected chi connectivity index (χ4v) is 4.44. The van der Waals surface area contributed by atoms with Gasteiger partial charge >= 0.3 is 0 Å². The highest BCUT2D eigenvalue weighted by atomic mass is 16.5. The van der Waals surface area contributed by atoms with E-state index >= 15 is 0 Å². The number of morpholine rings is 1.